The van der Waals surface area contributed by atoms with E-state index in [-0.39, 0.29) is 18.1 Å². The molecule has 2 aromatic heterocycles. The van der Waals surface area contributed by atoms with Gasteiger partial charge in [0.1, 0.15) is 6.61 Å². The van der Waals surface area contributed by atoms with Crippen LogP contribution in [0, 0.1) is 0 Å². The highest BCUT2D eigenvalue weighted by molar-refractivity contribution is 7.99. The number of thioether (sulfide) groups is 1. The molecule has 0 unspecified atom stereocenters. The van der Waals surface area contributed by atoms with Gasteiger partial charge in [0.2, 0.25) is 5.78 Å². The van der Waals surface area contributed by atoms with E-state index in [2.05, 4.69) is 10.2 Å². The van der Waals surface area contributed by atoms with Gasteiger partial charge in [0.15, 0.2) is 5.16 Å². The third kappa shape index (κ3) is 3.19. The van der Waals surface area contributed by atoms with Crippen molar-refractivity contribution in [3.63, 3.8) is 0 Å². The lowest BCUT2D eigenvalue weighted by Crippen LogP contribution is -2.20. The first-order valence-corrected chi connectivity index (χ1v) is 9.33. The standard InChI is InChI=1S/C19H16N4O3S/c1-22-16(24)14-9-5-6-10-15(14)23-18(22)20-21-19(23)27-12-11-26-17(25)13-7-3-2-4-8-13/h2-10H,11-12H2,1H3. The van der Waals surface area contributed by atoms with Crippen LogP contribution in [0.25, 0.3) is 16.7 Å². The van der Waals surface area contributed by atoms with Gasteiger partial charge >= 0.3 is 5.97 Å². The second-order valence-corrected chi connectivity index (χ2v) is 6.91. The van der Waals surface area contributed by atoms with Crippen LogP contribution in [0.4, 0.5) is 0 Å². The molecule has 4 rings (SSSR count). The fraction of sp³-hybridized carbons (Fsp3) is 0.158. The molecule has 2 heterocycles. The number of ether oxygens (including phenoxy) is 1. The van der Waals surface area contributed by atoms with Crippen LogP contribution in [0.2, 0.25) is 0 Å². The fourth-order valence-electron chi connectivity index (χ4n) is 2.83. The van der Waals surface area contributed by atoms with Crippen molar-refractivity contribution in [3.8, 4) is 0 Å². The number of carbonyl (C=O) groups excluding carboxylic acids is 1. The number of aryl methyl sites for hydroxylation is 1. The number of para-hydroxylation sites is 1. The second-order valence-electron chi connectivity index (χ2n) is 5.85. The maximum absolute atomic E-state index is 12.4. The van der Waals surface area contributed by atoms with E-state index in [0.717, 1.165) is 5.52 Å². The predicted octanol–water partition coefficient (Wildman–Crippen LogP) is 2.53. The molecule has 0 aliphatic heterocycles. The Morgan fingerprint density at radius 2 is 1.81 bits per heavy atom. The Labute approximate surface area is 158 Å². The summed E-state index contributed by atoms with van der Waals surface area (Å²) in [6.07, 6.45) is 0. The number of carbonyl (C=O) groups is 1. The van der Waals surface area contributed by atoms with Gasteiger partial charge in [-0.05, 0) is 24.3 Å². The fourth-order valence-corrected chi connectivity index (χ4v) is 3.59. The molecule has 27 heavy (non-hydrogen) atoms. The van der Waals surface area contributed by atoms with Gasteiger partial charge in [-0.1, -0.05) is 42.1 Å². The number of fused-ring (bicyclic) bond motifs is 3. The molecule has 0 aliphatic rings. The van der Waals surface area contributed by atoms with Crippen molar-refractivity contribution in [2.24, 2.45) is 7.05 Å². The van der Waals surface area contributed by atoms with Crippen LogP contribution in [0.15, 0.2) is 64.5 Å². The van der Waals surface area contributed by atoms with Crippen molar-refractivity contribution in [1.29, 1.82) is 0 Å². The summed E-state index contributed by atoms with van der Waals surface area (Å²) < 4.78 is 8.62. The van der Waals surface area contributed by atoms with Gasteiger partial charge in [0, 0.05) is 12.8 Å². The topological polar surface area (TPSA) is 78.5 Å². The van der Waals surface area contributed by atoms with E-state index in [4.69, 9.17) is 4.74 Å². The Morgan fingerprint density at radius 3 is 2.63 bits per heavy atom. The van der Waals surface area contributed by atoms with Crippen molar-refractivity contribution in [2.75, 3.05) is 12.4 Å². The molecule has 0 atom stereocenters. The molecule has 0 radical (unpaired) electrons. The van der Waals surface area contributed by atoms with Crippen molar-refractivity contribution in [2.45, 2.75) is 5.16 Å². The minimum atomic E-state index is -0.352. The maximum atomic E-state index is 12.4. The Morgan fingerprint density at radius 1 is 1.07 bits per heavy atom. The summed E-state index contributed by atoms with van der Waals surface area (Å²) in [4.78, 5) is 24.4. The van der Waals surface area contributed by atoms with Crippen LogP contribution in [-0.4, -0.2) is 37.5 Å². The van der Waals surface area contributed by atoms with Crippen molar-refractivity contribution in [1.82, 2.24) is 19.2 Å². The zero-order valence-electron chi connectivity index (χ0n) is 14.5. The predicted molar refractivity (Wildman–Crippen MR) is 103 cm³/mol. The van der Waals surface area contributed by atoms with E-state index < -0.39 is 0 Å². The van der Waals surface area contributed by atoms with Gasteiger partial charge in [-0.3, -0.25) is 13.8 Å². The van der Waals surface area contributed by atoms with Gasteiger partial charge in [-0.15, -0.1) is 10.2 Å². The number of hydrogen-bond donors (Lipinski definition) is 0. The van der Waals surface area contributed by atoms with Crippen molar-refractivity contribution < 1.29 is 9.53 Å². The summed E-state index contributed by atoms with van der Waals surface area (Å²) in [6, 6.07) is 16.2. The number of rotatable bonds is 5. The van der Waals surface area contributed by atoms with Crippen LogP contribution in [0.5, 0.6) is 0 Å². The number of hydrogen-bond acceptors (Lipinski definition) is 6. The van der Waals surface area contributed by atoms with Gasteiger partial charge in [-0.2, -0.15) is 0 Å². The average molecular weight is 380 g/mol. The first-order chi connectivity index (χ1) is 13.2. The minimum Gasteiger partial charge on any atom is -0.461 e. The van der Waals surface area contributed by atoms with Gasteiger partial charge in [-0.25, -0.2) is 4.79 Å². The second kappa shape index (κ2) is 7.24. The minimum absolute atomic E-state index is 0.112. The highest BCUT2D eigenvalue weighted by Crippen LogP contribution is 2.21. The van der Waals surface area contributed by atoms with E-state index in [1.54, 1.807) is 37.4 Å². The molecular formula is C19H16N4O3S. The van der Waals surface area contributed by atoms with Crippen LogP contribution in [0.1, 0.15) is 10.4 Å². The van der Waals surface area contributed by atoms with Crippen LogP contribution >= 0.6 is 11.8 Å². The SMILES string of the molecule is Cn1c(=O)c2ccccc2n2c(SCCOC(=O)c3ccccc3)nnc12. The largest absolute Gasteiger partial charge is 0.461 e. The van der Waals surface area contributed by atoms with Gasteiger partial charge in [0.25, 0.3) is 5.56 Å². The summed E-state index contributed by atoms with van der Waals surface area (Å²) in [5.74, 6) is 0.647. The number of benzene rings is 2. The summed E-state index contributed by atoms with van der Waals surface area (Å²) in [5, 5.41) is 9.58. The molecule has 0 aliphatic carbocycles. The highest BCUT2D eigenvalue weighted by Gasteiger charge is 2.15. The first-order valence-electron chi connectivity index (χ1n) is 8.34. The Hall–Kier alpha value is -3.13. The Bertz CT molecular complexity index is 1180. The lowest BCUT2D eigenvalue weighted by atomic mass is 10.2. The summed E-state index contributed by atoms with van der Waals surface area (Å²) in [5.41, 5.74) is 1.17. The molecule has 0 spiro atoms. The molecule has 0 N–H and O–H groups in total. The van der Waals surface area contributed by atoms with Gasteiger partial charge < -0.3 is 4.74 Å². The van der Waals surface area contributed by atoms with Gasteiger partial charge in [0.05, 0.1) is 16.5 Å². The van der Waals surface area contributed by atoms with E-state index in [1.807, 2.05) is 28.7 Å². The van der Waals surface area contributed by atoms with E-state index in [1.165, 1.54) is 16.3 Å². The average Bonchev–Trinajstić information content (AvgIpc) is 3.14. The zero-order chi connectivity index (χ0) is 18.8. The lowest BCUT2D eigenvalue weighted by molar-refractivity contribution is 0.0530. The zero-order valence-corrected chi connectivity index (χ0v) is 15.3. The molecule has 0 bridgehead atoms. The molecule has 4 aromatic rings. The molecule has 8 heteroatoms. The molecule has 2 aromatic carbocycles. The molecule has 136 valence electrons. The first kappa shape index (κ1) is 17.3. The summed E-state index contributed by atoms with van der Waals surface area (Å²) in [7, 11) is 1.68. The number of nitrogens with zero attached hydrogens (tertiary/aromatic N) is 4. The molecule has 0 amide bonds. The third-order valence-electron chi connectivity index (χ3n) is 4.15. The molecular weight excluding hydrogens is 364 g/mol. The normalized spacial score (nSPS) is 11.1. The quantitative estimate of drug-likeness (QED) is 0.301. The van der Waals surface area contributed by atoms with Crippen LogP contribution in [0.3, 0.4) is 0 Å². The molecule has 0 saturated carbocycles. The summed E-state index contributed by atoms with van der Waals surface area (Å²) in [6.45, 7) is 0.247. The van der Waals surface area contributed by atoms with Crippen LogP contribution in [-0.2, 0) is 11.8 Å². The molecule has 0 fully saturated rings. The number of aromatic nitrogens is 4. The lowest BCUT2D eigenvalue weighted by Gasteiger charge is -2.07. The third-order valence-corrected chi connectivity index (χ3v) is 5.05. The summed E-state index contributed by atoms with van der Waals surface area (Å²) >= 11 is 1.42. The monoisotopic (exact) mass is 380 g/mol. The molecule has 7 nitrogen and oxygen atoms in total. The van der Waals surface area contributed by atoms with Crippen molar-refractivity contribution >= 4 is 34.4 Å². The van der Waals surface area contributed by atoms with E-state index in [0.29, 0.717) is 27.6 Å². The maximum Gasteiger partial charge on any atom is 0.338 e. The van der Waals surface area contributed by atoms with E-state index in [9.17, 15) is 9.59 Å². The smallest absolute Gasteiger partial charge is 0.338 e. The van der Waals surface area contributed by atoms with E-state index >= 15 is 0 Å². The number of esters is 1. The Kier molecular flexibility index (Phi) is 4.64. The Balaban J connectivity index is 1.53. The van der Waals surface area contributed by atoms with Crippen LogP contribution < -0.4 is 5.56 Å². The molecule has 0 saturated heterocycles. The highest BCUT2D eigenvalue weighted by atomic mass is 32.2. The van der Waals surface area contributed by atoms with Crippen molar-refractivity contribution in [3.05, 3.63) is 70.5 Å².